The quantitative estimate of drug-likeness (QED) is 0.462. The number of hydrogen-bond donors (Lipinski definition) is 1. The first-order valence-corrected chi connectivity index (χ1v) is 10.8. The highest BCUT2D eigenvalue weighted by atomic mass is 19.1. The lowest BCUT2D eigenvalue weighted by Crippen LogP contribution is -2.45. The van der Waals surface area contributed by atoms with E-state index >= 15 is 0 Å². The Balaban J connectivity index is 1.86. The lowest BCUT2D eigenvalue weighted by Gasteiger charge is -2.13. The fraction of sp³-hybridized carbons (Fsp3) is 0.154. The van der Waals surface area contributed by atoms with Crippen LogP contribution in [0.2, 0.25) is 0 Å². The van der Waals surface area contributed by atoms with Gasteiger partial charge in [0.2, 0.25) is 5.69 Å². The first kappa shape index (κ1) is 23.6. The molecule has 8 nitrogen and oxygen atoms in total. The molecule has 1 heterocycles. The van der Waals surface area contributed by atoms with Crippen molar-refractivity contribution in [3.63, 3.8) is 0 Å². The van der Waals surface area contributed by atoms with Crippen LogP contribution in [0.3, 0.4) is 0 Å². The number of amides is 1. The third kappa shape index (κ3) is 5.03. The predicted octanol–water partition coefficient (Wildman–Crippen LogP) is 3.46. The van der Waals surface area contributed by atoms with E-state index in [1.165, 1.54) is 31.4 Å². The lowest BCUT2D eigenvalue weighted by atomic mass is 10.1. The molecule has 4 aromatic rings. The van der Waals surface area contributed by atoms with Gasteiger partial charge in [0.05, 0.1) is 19.3 Å². The van der Waals surface area contributed by atoms with Crippen LogP contribution in [0.25, 0.3) is 5.69 Å². The van der Waals surface area contributed by atoms with Crippen LogP contribution in [0.5, 0.6) is 5.75 Å². The molecule has 0 atom stereocenters. The van der Waals surface area contributed by atoms with E-state index in [0.29, 0.717) is 17.0 Å². The normalized spacial score (nSPS) is 10.7. The minimum Gasteiger partial charge on any atom is -0.497 e. The number of aryl methyl sites for hydroxylation is 2. The number of nitrogens with zero attached hydrogens (tertiary/aromatic N) is 3. The molecule has 0 spiro atoms. The fourth-order valence-electron chi connectivity index (χ4n) is 3.50. The first-order chi connectivity index (χ1) is 16.8. The number of carbonyl (C=O) groups is 1. The number of carbonyl (C=O) groups excluding carboxylic acids is 1. The summed E-state index contributed by atoms with van der Waals surface area (Å²) in [5.74, 6) is -0.725. The molecule has 0 saturated carbocycles. The minimum absolute atomic E-state index is 0.0982. The Kier molecular flexibility index (Phi) is 6.59. The minimum atomic E-state index is -0.850. The number of methoxy groups -OCH3 is 1. The Morgan fingerprint density at radius 2 is 1.74 bits per heavy atom. The van der Waals surface area contributed by atoms with E-state index in [0.717, 1.165) is 20.4 Å². The van der Waals surface area contributed by atoms with Crippen molar-refractivity contribution in [3.8, 4) is 11.4 Å². The van der Waals surface area contributed by atoms with Crippen molar-refractivity contribution >= 4 is 11.6 Å². The van der Waals surface area contributed by atoms with Gasteiger partial charge in [-0.15, -0.1) is 0 Å². The SMILES string of the molecule is COc1cccc(Cn2c(=O)c(C(=O)Nc3ccc(F)cc3)nn(-c3ccc(C)c(C)c3)c2=O)c1. The standard InChI is InChI=1S/C26H23FN4O4/c1-16-7-12-21(13-17(16)2)31-26(34)30(15-18-5-4-6-22(14-18)35-3)25(33)23(29-31)24(32)28-20-10-8-19(27)9-11-20/h4-14H,15H2,1-3H3,(H,28,32). The molecule has 0 bridgehead atoms. The summed E-state index contributed by atoms with van der Waals surface area (Å²) in [5.41, 5.74) is 1.23. The summed E-state index contributed by atoms with van der Waals surface area (Å²) in [6.07, 6.45) is 0. The zero-order chi connectivity index (χ0) is 25.1. The molecule has 0 aliphatic rings. The van der Waals surface area contributed by atoms with Crippen molar-refractivity contribution in [1.29, 1.82) is 0 Å². The predicted molar refractivity (Wildman–Crippen MR) is 130 cm³/mol. The summed E-state index contributed by atoms with van der Waals surface area (Å²) in [5, 5.41) is 6.66. The molecule has 0 aliphatic carbocycles. The van der Waals surface area contributed by atoms with E-state index in [1.54, 1.807) is 36.4 Å². The van der Waals surface area contributed by atoms with Crippen molar-refractivity contribution < 1.29 is 13.9 Å². The van der Waals surface area contributed by atoms with Crippen LogP contribution in [-0.4, -0.2) is 27.4 Å². The van der Waals surface area contributed by atoms with E-state index in [9.17, 15) is 18.8 Å². The zero-order valence-electron chi connectivity index (χ0n) is 19.4. The molecule has 0 unspecified atom stereocenters. The second-order valence-electron chi connectivity index (χ2n) is 8.02. The van der Waals surface area contributed by atoms with Crippen LogP contribution in [0.15, 0.2) is 76.3 Å². The van der Waals surface area contributed by atoms with Gasteiger partial charge in [-0.2, -0.15) is 9.78 Å². The molecule has 1 aromatic heterocycles. The maximum absolute atomic E-state index is 13.4. The highest BCUT2D eigenvalue weighted by Gasteiger charge is 2.21. The Labute approximate surface area is 200 Å². The van der Waals surface area contributed by atoms with Crippen molar-refractivity contribution in [2.24, 2.45) is 0 Å². The molecule has 9 heteroatoms. The third-order valence-corrected chi connectivity index (χ3v) is 5.59. The first-order valence-electron chi connectivity index (χ1n) is 10.8. The monoisotopic (exact) mass is 474 g/mol. The van der Waals surface area contributed by atoms with Crippen LogP contribution < -0.4 is 21.3 Å². The van der Waals surface area contributed by atoms with E-state index in [2.05, 4.69) is 10.4 Å². The van der Waals surface area contributed by atoms with Crippen molar-refractivity contribution in [1.82, 2.24) is 14.3 Å². The van der Waals surface area contributed by atoms with Crippen LogP contribution in [-0.2, 0) is 6.54 Å². The second kappa shape index (κ2) is 9.76. The topological polar surface area (TPSA) is 95.2 Å². The summed E-state index contributed by atoms with van der Waals surface area (Å²) in [6.45, 7) is 3.72. The number of hydrogen-bond acceptors (Lipinski definition) is 5. The average Bonchev–Trinajstić information content (AvgIpc) is 2.85. The third-order valence-electron chi connectivity index (χ3n) is 5.59. The Bertz CT molecular complexity index is 1520. The fourth-order valence-corrected chi connectivity index (χ4v) is 3.50. The number of nitrogens with one attached hydrogen (secondary N) is 1. The molecule has 1 amide bonds. The van der Waals surface area contributed by atoms with Gasteiger partial charge in [-0.1, -0.05) is 18.2 Å². The molecule has 4 rings (SSSR count). The molecule has 178 valence electrons. The number of ether oxygens (including phenoxy) is 1. The van der Waals surface area contributed by atoms with Gasteiger partial charge in [-0.3, -0.25) is 14.2 Å². The number of anilines is 1. The van der Waals surface area contributed by atoms with Crippen molar-refractivity contribution in [2.75, 3.05) is 12.4 Å². The molecule has 3 aromatic carbocycles. The van der Waals surface area contributed by atoms with E-state index < -0.39 is 28.7 Å². The summed E-state index contributed by atoms with van der Waals surface area (Å²) in [4.78, 5) is 39.7. The second-order valence-corrected chi connectivity index (χ2v) is 8.02. The van der Waals surface area contributed by atoms with Gasteiger partial charge in [-0.25, -0.2) is 9.18 Å². The highest BCUT2D eigenvalue weighted by Crippen LogP contribution is 2.15. The summed E-state index contributed by atoms with van der Waals surface area (Å²) in [6, 6.07) is 17.3. The largest absolute Gasteiger partial charge is 0.497 e. The molecule has 35 heavy (non-hydrogen) atoms. The van der Waals surface area contributed by atoms with Gasteiger partial charge in [0.25, 0.3) is 11.5 Å². The van der Waals surface area contributed by atoms with Gasteiger partial charge in [0.1, 0.15) is 11.6 Å². The smallest absolute Gasteiger partial charge is 0.352 e. The Hall–Kier alpha value is -4.53. The van der Waals surface area contributed by atoms with Crippen LogP contribution in [0, 0.1) is 19.7 Å². The van der Waals surface area contributed by atoms with Crippen LogP contribution in [0.1, 0.15) is 27.2 Å². The molecule has 1 N–H and O–H groups in total. The highest BCUT2D eigenvalue weighted by molar-refractivity contribution is 6.02. The molecule has 0 saturated heterocycles. The molecule has 0 aliphatic heterocycles. The maximum Gasteiger partial charge on any atom is 0.352 e. The van der Waals surface area contributed by atoms with Crippen LogP contribution in [0.4, 0.5) is 10.1 Å². The number of benzene rings is 3. The molecule has 0 radical (unpaired) electrons. The van der Waals surface area contributed by atoms with Gasteiger partial charge in [0.15, 0.2) is 0 Å². The molecule has 0 fully saturated rings. The molecular formula is C26H23FN4O4. The van der Waals surface area contributed by atoms with Crippen molar-refractivity contribution in [3.05, 3.63) is 116 Å². The number of rotatable bonds is 6. The average molecular weight is 474 g/mol. The number of aromatic nitrogens is 3. The van der Waals surface area contributed by atoms with E-state index in [-0.39, 0.29) is 12.2 Å². The van der Waals surface area contributed by atoms with E-state index in [4.69, 9.17) is 4.74 Å². The van der Waals surface area contributed by atoms with Gasteiger partial charge < -0.3 is 10.1 Å². The zero-order valence-corrected chi connectivity index (χ0v) is 19.4. The Morgan fingerprint density at radius 3 is 2.43 bits per heavy atom. The van der Waals surface area contributed by atoms with Gasteiger partial charge in [0, 0.05) is 5.69 Å². The summed E-state index contributed by atoms with van der Waals surface area (Å²) < 4.78 is 20.5. The Morgan fingerprint density at radius 1 is 1.00 bits per heavy atom. The van der Waals surface area contributed by atoms with Crippen molar-refractivity contribution in [2.45, 2.75) is 20.4 Å². The summed E-state index contributed by atoms with van der Waals surface area (Å²) in [7, 11) is 1.52. The van der Waals surface area contributed by atoms with Gasteiger partial charge in [-0.05, 0) is 79.1 Å². The maximum atomic E-state index is 13.4. The lowest BCUT2D eigenvalue weighted by molar-refractivity contribution is 0.101. The summed E-state index contributed by atoms with van der Waals surface area (Å²) >= 11 is 0. The molecular weight excluding hydrogens is 451 g/mol. The van der Waals surface area contributed by atoms with Gasteiger partial charge >= 0.3 is 5.69 Å². The van der Waals surface area contributed by atoms with Crippen LogP contribution >= 0.6 is 0 Å². The van der Waals surface area contributed by atoms with E-state index in [1.807, 2.05) is 19.9 Å². The number of halogens is 1.